The lowest BCUT2D eigenvalue weighted by molar-refractivity contribution is 0.306. The third-order valence-electron chi connectivity index (χ3n) is 3.53. The molecule has 0 saturated carbocycles. The number of hydrogen-bond donors (Lipinski definition) is 2. The smallest absolute Gasteiger partial charge is 0.122 e. The first-order chi connectivity index (χ1) is 9.81. The van der Waals surface area contributed by atoms with Crippen LogP contribution >= 0.6 is 0 Å². The number of benzene rings is 2. The van der Waals surface area contributed by atoms with E-state index in [1.165, 1.54) is 5.56 Å². The molecule has 2 N–H and O–H groups in total. The molecule has 0 aromatic heterocycles. The maximum atomic E-state index is 5.87. The first-order valence-electron chi connectivity index (χ1n) is 7.12. The maximum absolute atomic E-state index is 5.87. The Kier molecular flexibility index (Phi) is 3.77. The number of nitrogens with one attached hydrogen (secondary N) is 2. The van der Waals surface area contributed by atoms with Crippen molar-refractivity contribution >= 4 is 11.4 Å². The molecule has 1 aliphatic rings. The molecule has 3 nitrogen and oxygen atoms in total. The average molecular weight is 268 g/mol. The lowest BCUT2D eigenvalue weighted by Gasteiger charge is -2.14. The van der Waals surface area contributed by atoms with Crippen LogP contribution in [0.25, 0.3) is 0 Å². The first kappa shape index (κ1) is 12.9. The Labute approximate surface area is 120 Å². The van der Waals surface area contributed by atoms with Crippen LogP contribution in [-0.2, 0) is 6.61 Å². The molecule has 104 valence electrons. The minimum atomic E-state index is 0.480. The van der Waals surface area contributed by atoms with Gasteiger partial charge in [0.15, 0.2) is 0 Å². The van der Waals surface area contributed by atoms with Gasteiger partial charge in [0.25, 0.3) is 0 Å². The van der Waals surface area contributed by atoms with Gasteiger partial charge < -0.3 is 15.4 Å². The third kappa shape index (κ3) is 3.05. The summed E-state index contributed by atoms with van der Waals surface area (Å²) in [7, 11) is 0. The summed E-state index contributed by atoms with van der Waals surface area (Å²) in [5.74, 6) is 0.899. The molecule has 1 heterocycles. The van der Waals surface area contributed by atoms with Crippen molar-refractivity contribution in [1.82, 2.24) is 0 Å². The van der Waals surface area contributed by atoms with E-state index >= 15 is 0 Å². The van der Waals surface area contributed by atoms with Crippen LogP contribution in [0.5, 0.6) is 5.75 Å². The lowest BCUT2D eigenvalue weighted by atomic mass is 10.2. The van der Waals surface area contributed by atoms with Gasteiger partial charge in [0.2, 0.25) is 0 Å². The van der Waals surface area contributed by atoms with Crippen LogP contribution in [0.2, 0.25) is 0 Å². The Morgan fingerprint density at radius 1 is 1.10 bits per heavy atom. The van der Waals surface area contributed by atoms with Crippen LogP contribution in [0.4, 0.5) is 11.4 Å². The van der Waals surface area contributed by atoms with E-state index in [9.17, 15) is 0 Å². The second-order valence-electron chi connectivity index (χ2n) is 5.24. The molecule has 0 radical (unpaired) electrons. The van der Waals surface area contributed by atoms with E-state index in [0.717, 1.165) is 30.1 Å². The van der Waals surface area contributed by atoms with E-state index < -0.39 is 0 Å². The van der Waals surface area contributed by atoms with Gasteiger partial charge in [-0.3, -0.25) is 0 Å². The molecule has 20 heavy (non-hydrogen) atoms. The molecule has 0 aliphatic carbocycles. The third-order valence-corrected chi connectivity index (χ3v) is 3.53. The quantitative estimate of drug-likeness (QED) is 0.886. The van der Waals surface area contributed by atoms with E-state index in [1.54, 1.807) is 0 Å². The molecule has 2 aromatic carbocycles. The summed E-state index contributed by atoms with van der Waals surface area (Å²) in [6, 6.07) is 16.9. The predicted molar refractivity (Wildman–Crippen MR) is 83.4 cm³/mol. The minimum absolute atomic E-state index is 0.480. The van der Waals surface area contributed by atoms with Gasteiger partial charge in [-0.25, -0.2) is 0 Å². The molecule has 1 atom stereocenters. The van der Waals surface area contributed by atoms with Crippen molar-refractivity contribution in [3.8, 4) is 5.75 Å². The highest BCUT2D eigenvalue weighted by Crippen LogP contribution is 2.30. The van der Waals surface area contributed by atoms with E-state index in [0.29, 0.717) is 12.6 Å². The maximum Gasteiger partial charge on any atom is 0.122 e. The fourth-order valence-corrected chi connectivity index (χ4v) is 2.39. The Bertz CT molecular complexity index is 568. The topological polar surface area (TPSA) is 33.3 Å². The number of rotatable bonds is 3. The first-order valence-corrected chi connectivity index (χ1v) is 7.12. The standard InChI is InChI=1S/C17H20N2O/c1-13-9-10-18-16-8-7-15(11-17(16)19-13)20-12-14-5-3-2-4-6-14/h2-8,11,13,18-19H,9-10,12H2,1H3. The van der Waals surface area contributed by atoms with Crippen molar-refractivity contribution in [2.75, 3.05) is 17.2 Å². The molecule has 2 aromatic rings. The number of fused-ring (bicyclic) bond motifs is 1. The average Bonchev–Trinajstić information content (AvgIpc) is 2.66. The Balaban J connectivity index is 1.72. The van der Waals surface area contributed by atoms with Crippen LogP contribution in [0.15, 0.2) is 48.5 Å². The Morgan fingerprint density at radius 2 is 1.95 bits per heavy atom. The van der Waals surface area contributed by atoms with Crippen LogP contribution in [0, 0.1) is 0 Å². The summed E-state index contributed by atoms with van der Waals surface area (Å²) in [5.41, 5.74) is 3.46. The van der Waals surface area contributed by atoms with Gasteiger partial charge in [0.1, 0.15) is 12.4 Å². The summed E-state index contributed by atoms with van der Waals surface area (Å²) < 4.78 is 5.87. The van der Waals surface area contributed by atoms with Gasteiger partial charge in [0, 0.05) is 18.7 Å². The van der Waals surface area contributed by atoms with Gasteiger partial charge in [-0.15, -0.1) is 0 Å². The van der Waals surface area contributed by atoms with E-state index in [4.69, 9.17) is 4.74 Å². The zero-order chi connectivity index (χ0) is 13.8. The summed E-state index contributed by atoms with van der Waals surface area (Å²) >= 11 is 0. The molecule has 0 amide bonds. The fourth-order valence-electron chi connectivity index (χ4n) is 2.39. The summed E-state index contributed by atoms with van der Waals surface area (Å²) in [5, 5.41) is 6.96. The molecule has 3 heteroatoms. The predicted octanol–water partition coefficient (Wildman–Crippen LogP) is 3.88. The highest BCUT2D eigenvalue weighted by atomic mass is 16.5. The molecule has 3 rings (SSSR count). The van der Waals surface area contributed by atoms with Gasteiger partial charge in [-0.2, -0.15) is 0 Å². The van der Waals surface area contributed by atoms with Crippen LogP contribution in [-0.4, -0.2) is 12.6 Å². The van der Waals surface area contributed by atoms with Crippen molar-refractivity contribution in [2.24, 2.45) is 0 Å². The largest absolute Gasteiger partial charge is 0.489 e. The molecular formula is C17H20N2O. The molecule has 0 spiro atoms. The number of ether oxygens (including phenoxy) is 1. The van der Waals surface area contributed by atoms with Gasteiger partial charge in [-0.05, 0) is 31.0 Å². The van der Waals surface area contributed by atoms with Crippen LogP contribution in [0.3, 0.4) is 0 Å². The van der Waals surface area contributed by atoms with Crippen molar-refractivity contribution in [3.63, 3.8) is 0 Å². The van der Waals surface area contributed by atoms with Crippen molar-refractivity contribution < 1.29 is 4.74 Å². The normalized spacial score (nSPS) is 17.4. The lowest BCUT2D eigenvalue weighted by Crippen LogP contribution is -2.14. The summed E-state index contributed by atoms with van der Waals surface area (Å²) in [6.45, 7) is 3.81. The zero-order valence-electron chi connectivity index (χ0n) is 11.7. The zero-order valence-corrected chi connectivity index (χ0v) is 11.7. The van der Waals surface area contributed by atoms with Crippen molar-refractivity contribution in [1.29, 1.82) is 0 Å². The van der Waals surface area contributed by atoms with E-state index in [-0.39, 0.29) is 0 Å². The summed E-state index contributed by atoms with van der Waals surface area (Å²) in [6.07, 6.45) is 1.12. The second-order valence-corrected chi connectivity index (χ2v) is 5.24. The highest BCUT2D eigenvalue weighted by Gasteiger charge is 2.12. The molecule has 1 unspecified atom stereocenters. The summed E-state index contributed by atoms with van der Waals surface area (Å²) in [4.78, 5) is 0. The van der Waals surface area contributed by atoms with Crippen molar-refractivity contribution in [2.45, 2.75) is 26.0 Å². The van der Waals surface area contributed by atoms with Gasteiger partial charge >= 0.3 is 0 Å². The molecule has 1 aliphatic heterocycles. The Hall–Kier alpha value is -2.16. The second kappa shape index (κ2) is 5.87. The van der Waals surface area contributed by atoms with Crippen LogP contribution < -0.4 is 15.4 Å². The van der Waals surface area contributed by atoms with E-state index in [2.05, 4.69) is 41.8 Å². The van der Waals surface area contributed by atoms with Gasteiger partial charge in [-0.1, -0.05) is 30.3 Å². The minimum Gasteiger partial charge on any atom is -0.489 e. The highest BCUT2D eigenvalue weighted by molar-refractivity contribution is 5.71. The molecular weight excluding hydrogens is 248 g/mol. The van der Waals surface area contributed by atoms with Gasteiger partial charge in [0.05, 0.1) is 11.4 Å². The monoisotopic (exact) mass is 268 g/mol. The molecule has 0 fully saturated rings. The Morgan fingerprint density at radius 3 is 2.80 bits per heavy atom. The molecule has 0 saturated heterocycles. The number of anilines is 2. The fraction of sp³-hybridized carbons (Fsp3) is 0.294. The molecule has 0 bridgehead atoms. The van der Waals surface area contributed by atoms with E-state index in [1.807, 2.05) is 24.3 Å². The van der Waals surface area contributed by atoms with Crippen molar-refractivity contribution in [3.05, 3.63) is 54.1 Å². The number of hydrogen-bond acceptors (Lipinski definition) is 3. The SMILES string of the molecule is CC1CCNc2ccc(OCc3ccccc3)cc2N1. The van der Waals surface area contributed by atoms with Crippen LogP contribution in [0.1, 0.15) is 18.9 Å².